The van der Waals surface area contributed by atoms with Crippen LogP contribution in [0, 0.1) is 12.3 Å². The van der Waals surface area contributed by atoms with E-state index >= 15 is 0 Å². The van der Waals surface area contributed by atoms with Crippen molar-refractivity contribution in [2.24, 2.45) is 0 Å². The standard InChI is InChI=1S/C15H21N/c1-4-5-9-12-16-13-15(2,3)14-10-7-6-8-11-14/h1,6-8,10-11,16H,5,9,12-13H2,2-3H3. The third-order valence-corrected chi connectivity index (χ3v) is 2.80. The molecule has 0 bridgehead atoms. The van der Waals surface area contributed by atoms with E-state index in [0.29, 0.717) is 0 Å². The van der Waals surface area contributed by atoms with Gasteiger partial charge >= 0.3 is 0 Å². The fourth-order valence-electron chi connectivity index (χ4n) is 1.71. The first kappa shape index (κ1) is 12.8. The van der Waals surface area contributed by atoms with E-state index in [1.165, 1.54) is 5.56 Å². The average Bonchev–Trinajstić information content (AvgIpc) is 2.30. The Kier molecular flexibility index (Phi) is 5.08. The second kappa shape index (κ2) is 6.35. The molecule has 0 amide bonds. The molecule has 1 aromatic rings. The Morgan fingerprint density at radius 2 is 1.94 bits per heavy atom. The molecule has 0 aliphatic rings. The summed E-state index contributed by atoms with van der Waals surface area (Å²) in [6, 6.07) is 10.6. The van der Waals surface area contributed by atoms with Gasteiger partial charge in [-0.2, -0.15) is 0 Å². The van der Waals surface area contributed by atoms with Gasteiger partial charge in [-0.3, -0.25) is 0 Å². The Morgan fingerprint density at radius 3 is 2.56 bits per heavy atom. The molecule has 1 nitrogen and oxygen atoms in total. The molecular formula is C15H21N. The number of hydrogen-bond donors (Lipinski definition) is 1. The minimum absolute atomic E-state index is 0.178. The molecule has 0 fully saturated rings. The molecule has 0 atom stereocenters. The zero-order chi connectivity index (χ0) is 11.9. The molecule has 0 unspecified atom stereocenters. The number of unbranched alkanes of at least 4 members (excludes halogenated alkanes) is 1. The predicted molar refractivity (Wildman–Crippen MR) is 70.4 cm³/mol. The summed E-state index contributed by atoms with van der Waals surface area (Å²) in [5, 5.41) is 3.46. The maximum atomic E-state index is 5.21. The van der Waals surface area contributed by atoms with Crippen molar-refractivity contribution in [2.75, 3.05) is 13.1 Å². The number of rotatable bonds is 6. The van der Waals surface area contributed by atoms with Crippen molar-refractivity contribution in [1.82, 2.24) is 5.32 Å². The molecule has 0 aliphatic carbocycles. The lowest BCUT2D eigenvalue weighted by atomic mass is 9.84. The molecule has 0 saturated heterocycles. The molecule has 1 rings (SSSR count). The van der Waals surface area contributed by atoms with Crippen LogP contribution in [0.2, 0.25) is 0 Å². The van der Waals surface area contributed by atoms with Gasteiger partial charge < -0.3 is 5.32 Å². The molecule has 16 heavy (non-hydrogen) atoms. The maximum Gasteiger partial charge on any atom is 0.00981 e. The largest absolute Gasteiger partial charge is 0.316 e. The van der Waals surface area contributed by atoms with E-state index in [9.17, 15) is 0 Å². The van der Waals surface area contributed by atoms with Crippen molar-refractivity contribution in [3.05, 3.63) is 35.9 Å². The van der Waals surface area contributed by atoms with Crippen LogP contribution < -0.4 is 5.32 Å². The molecule has 1 heteroatoms. The van der Waals surface area contributed by atoms with E-state index in [4.69, 9.17) is 6.42 Å². The summed E-state index contributed by atoms with van der Waals surface area (Å²) < 4.78 is 0. The molecule has 1 aromatic carbocycles. The van der Waals surface area contributed by atoms with Crippen molar-refractivity contribution < 1.29 is 0 Å². The zero-order valence-corrected chi connectivity index (χ0v) is 10.3. The summed E-state index contributed by atoms with van der Waals surface area (Å²) in [4.78, 5) is 0. The van der Waals surface area contributed by atoms with Gasteiger partial charge in [0.1, 0.15) is 0 Å². The molecule has 1 N–H and O–H groups in total. The Hall–Kier alpha value is -1.26. The van der Waals surface area contributed by atoms with E-state index in [1.54, 1.807) is 0 Å². The highest BCUT2D eigenvalue weighted by Crippen LogP contribution is 2.21. The van der Waals surface area contributed by atoms with E-state index in [0.717, 1.165) is 25.9 Å². The van der Waals surface area contributed by atoms with Gasteiger partial charge in [0.05, 0.1) is 0 Å². The van der Waals surface area contributed by atoms with Crippen molar-refractivity contribution in [3.8, 4) is 12.3 Å². The van der Waals surface area contributed by atoms with Crippen LogP contribution in [-0.2, 0) is 5.41 Å². The van der Waals surface area contributed by atoms with E-state index in [2.05, 4.69) is 55.4 Å². The van der Waals surface area contributed by atoms with Crippen molar-refractivity contribution in [1.29, 1.82) is 0 Å². The Morgan fingerprint density at radius 1 is 1.25 bits per heavy atom. The highest BCUT2D eigenvalue weighted by Gasteiger charge is 2.19. The van der Waals surface area contributed by atoms with Gasteiger partial charge in [0.2, 0.25) is 0 Å². The summed E-state index contributed by atoms with van der Waals surface area (Å²) >= 11 is 0. The number of nitrogens with one attached hydrogen (secondary N) is 1. The van der Waals surface area contributed by atoms with Crippen molar-refractivity contribution >= 4 is 0 Å². The second-order valence-corrected chi connectivity index (χ2v) is 4.73. The molecular weight excluding hydrogens is 194 g/mol. The summed E-state index contributed by atoms with van der Waals surface area (Å²) in [6.45, 7) is 6.51. The van der Waals surface area contributed by atoms with Crippen LogP contribution in [0.3, 0.4) is 0 Å². The Balaban J connectivity index is 2.38. The van der Waals surface area contributed by atoms with Gasteiger partial charge in [-0.25, -0.2) is 0 Å². The lowest BCUT2D eigenvalue weighted by Crippen LogP contribution is -2.33. The van der Waals surface area contributed by atoms with Crippen LogP contribution in [0.5, 0.6) is 0 Å². The van der Waals surface area contributed by atoms with Gasteiger partial charge in [-0.15, -0.1) is 12.3 Å². The highest BCUT2D eigenvalue weighted by atomic mass is 14.9. The fourth-order valence-corrected chi connectivity index (χ4v) is 1.71. The molecule has 0 radical (unpaired) electrons. The average molecular weight is 215 g/mol. The molecule has 0 heterocycles. The molecule has 0 spiro atoms. The first-order chi connectivity index (χ1) is 7.67. The summed E-state index contributed by atoms with van der Waals surface area (Å²) in [5.41, 5.74) is 1.55. The first-order valence-corrected chi connectivity index (χ1v) is 5.86. The molecule has 86 valence electrons. The minimum atomic E-state index is 0.178. The molecule has 0 aliphatic heterocycles. The lowest BCUT2D eigenvalue weighted by Gasteiger charge is -2.25. The van der Waals surface area contributed by atoms with Gasteiger partial charge in [0, 0.05) is 18.4 Å². The van der Waals surface area contributed by atoms with E-state index in [1.807, 2.05) is 0 Å². The first-order valence-electron chi connectivity index (χ1n) is 5.86. The van der Waals surface area contributed by atoms with Gasteiger partial charge in [0.25, 0.3) is 0 Å². The van der Waals surface area contributed by atoms with Crippen molar-refractivity contribution in [3.63, 3.8) is 0 Å². The molecule has 0 aromatic heterocycles. The van der Waals surface area contributed by atoms with Gasteiger partial charge in [-0.05, 0) is 18.5 Å². The van der Waals surface area contributed by atoms with Crippen LogP contribution in [0.1, 0.15) is 32.3 Å². The van der Waals surface area contributed by atoms with E-state index in [-0.39, 0.29) is 5.41 Å². The van der Waals surface area contributed by atoms with Crippen LogP contribution in [0.15, 0.2) is 30.3 Å². The van der Waals surface area contributed by atoms with Gasteiger partial charge in [0.15, 0.2) is 0 Å². The Bertz CT molecular complexity index is 332. The minimum Gasteiger partial charge on any atom is -0.316 e. The normalized spacial score (nSPS) is 11.1. The maximum absolute atomic E-state index is 5.21. The second-order valence-electron chi connectivity index (χ2n) is 4.73. The summed E-state index contributed by atoms with van der Waals surface area (Å²) in [6.07, 6.45) is 7.13. The molecule has 0 saturated carbocycles. The van der Waals surface area contributed by atoms with Crippen molar-refractivity contribution in [2.45, 2.75) is 32.1 Å². The predicted octanol–water partition coefficient (Wildman–Crippen LogP) is 2.97. The van der Waals surface area contributed by atoms with Crippen LogP contribution in [0.25, 0.3) is 0 Å². The number of benzene rings is 1. The fraction of sp³-hybridized carbons (Fsp3) is 0.467. The van der Waals surface area contributed by atoms with Crippen LogP contribution >= 0.6 is 0 Å². The third kappa shape index (κ3) is 4.08. The lowest BCUT2D eigenvalue weighted by molar-refractivity contribution is 0.467. The van der Waals surface area contributed by atoms with Crippen LogP contribution in [0.4, 0.5) is 0 Å². The third-order valence-electron chi connectivity index (χ3n) is 2.80. The summed E-state index contributed by atoms with van der Waals surface area (Å²) in [5.74, 6) is 2.66. The van der Waals surface area contributed by atoms with Crippen LogP contribution in [-0.4, -0.2) is 13.1 Å². The zero-order valence-electron chi connectivity index (χ0n) is 10.3. The quantitative estimate of drug-likeness (QED) is 0.568. The van der Waals surface area contributed by atoms with E-state index < -0.39 is 0 Å². The topological polar surface area (TPSA) is 12.0 Å². The smallest absolute Gasteiger partial charge is 0.00981 e. The number of hydrogen-bond acceptors (Lipinski definition) is 1. The Labute approximate surface area is 99.3 Å². The monoisotopic (exact) mass is 215 g/mol. The summed E-state index contributed by atoms with van der Waals surface area (Å²) in [7, 11) is 0. The number of terminal acetylenes is 1. The SMILES string of the molecule is C#CCCCNCC(C)(C)c1ccccc1. The highest BCUT2D eigenvalue weighted by molar-refractivity contribution is 5.23. The van der Waals surface area contributed by atoms with Gasteiger partial charge in [-0.1, -0.05) is 44.2 Å².